The molecule has 0 N–H and O–H groups in total. The molecule has 1 heterocycles. The molecule has 0 aliphatic carbocycles. The lowest BCUT2D eigenvalue weighted by Gasteiger charge is -2.07. The zero-order valence-corrected chi connectivity index (χ0v) is 10.2. The van der Waals surface area contributed by atoms with Gasteiger partial charge in [-0.05, 0) is 18.9 Å². The van der Waals surface area contributed by atoms with E-state index in [9.17, 15) is 0 Å². The molecule has 1 aromatic rings. The molecule has 3 nitrogen and oxygen atoms in total. The van der Waals surface area contributed by atoms with Gasteiger partial charge < -0.3 is 9.47 Å². The minimum absolute atomic E-state index is 0.655. The van der Waals surface area contributed by atoms with Crippen LogP contribution in [0.25, 0.3) is 0 Å². The first-order valence-corrected chi connectivity index (χ1v) is 6.08. The van der Waals surface area contributed by atoms with Gasteiger partial charge in [-0.1, -0.05) is 26.7 Å². The van der Waals surface area contributed by atoms with Crippen molar-refractivity contribution in [2.45, 2.75) is 39.5 Å². The molecule has 0 atom stereocenters. The van der Waals surface area contributed by atoms with Gasteiger partial charge in [0, 0.05) is 12.3 Å². The van der Waals surface area contributed by atoms with Crippen LogP contribution in [0.5, 0.6) is 11.6 Å². The number of unbranched alkanes of at least 4 members (excludes halogenated alkanes) is 2. The molecular weight excluding hydrogens is 202 g/mol. The molecule has 0 bridgehead atoms. The quantitative estimate of drug-likeness (QED) is 0.633. The van der Waals surface area contributed by atoms with E-state index in [1.807, 2.05) is 12.1 Å². The summed E-state index contributed by atoms with van der Waals surface area (Å²) in [4.78, 5) is 4.14. The summed E-state index contributed by atoms with van der Waals surface area (Å²) < 4.78 is 11.1. The Labute approximate surface area is 97.8 Å². The Bertz CT molecular complexity index is 264. The smallest absolute Gasteiger partial charge is 0.216 e. The zero-order chi connectivity index (χ0) is 11.6. The largest absolute Gasteiger partial charge is 0.493 e. The summed E-state index contributed by atoms with van der Waals surface area (Å²) >= 11 is 0. The number of hydrogen-bond acceptors (Lipinski definition) is 3. The average Bonchev–Trinajstić information content (AvgIpc) is 2.30. The molecule has 3 heteroatoms. The molecule has 0 aliphatic rings. The average molecular weight is 223 g/mol. The number of aromatic nitrogens is 1. The van der Waals surface area contributed by atoms with Crippen LogP contribution in [-0.4, -0.2) is 18.2 Å². The van der Waals surface area contributed by atoms with E-state index >= 15 is 0 Å². The molecule has 0 saturated carbocycles. The maximum Gasteiger partial charge on any atom is 0.216 e. The third kappa shape index (κ3) is 5.01. The van der Waals surface area contributed by atoms with Gasteiger partial charge in [-0.25, -0.2) is 4.98 Å². The van der Waals surface area contributed by atoms with Crippen molar-refractivity contribution in [3.63, 3.8) is 0 Å². The van der Waals surface area contributed by atoms with Crippen LogP contribution in [0.3, 0.4) is 0 Å². The fraction of sp³-hybridized carbons (Fsp3) is 0.615. The minimum atomic E-state index is 0.655. The Balaban J connectivity index is 2.37. The molecule has 0 spiro atoms. The van der Waals surface area contributed by atoms with Gasteiger partial charge in [0.1, 0.15) is 5.75 Å². The van der Waals surface area contributed by atoms with Crippen molar-refractivity contribution in [2.24, 2.45) is 0 Å². The molecule has 1 rings (SSSR count). The highest BCUT2D eigenvalue weighted by Crippen LogP contribution is 2.16. The lowest BCUT2D eigenvalue weighted by Crippen LogP contribution is -2.00. The standard InChI is InChI=1S/C13H21NO2/c1-3-5-9-15-12-7-8-14-13(11-12)16-10-6-4-2/h7-8,11H,3-6,9-10H2,1-2H3. The third-order valence-electron chi connectivity index (χ3n) is 2.22. The second-order valence-corrected chi connectivity index (χ2v) is 3.73. The first kappa shape index (κ1) is 12.8. The van der Waals surface area contributed by atoms with Crippen molar-refractivity contribution in [3.8, 4) is 11.6 Å². The summed E-state index contributed by atoms with van der Waals surface area (Å²) in [6.45, 7) is 5.77. The monoisotopic (exact) mass is 223 g/mol. The number of pyridine rings is 1. The number of rotatable bonds is 8. The summed E-state index contributed by atoms with van der Waals surface area (Å²) in [7, 11) is 0. The Hall–Kier alpha value is -1.25. The van der Waals surface area contributed by atoms with Crippen LogP contribution in [0.2, 0.25) is 0 Å². The molecule has 1 aromatic heterocycles. The van der Waals surface area contributed by atoms with E-state index in [4.69, 9.17) is 9.47 Å². The fourth-order valence-electron chi connectivity index (χ4n) is 1.22. The van der Waals surface area contributed by atoms with Crippen molar-refractivity contribution < 1.29 is 9.47 Å². The van der Waals surface area contributed by atoms with E-state index in [0.29, 0.717) is 5.88 Å². The Morgan fingerprint density at radius 3 is 2.44 bits per heavy atom. The Kier molecular flexibility index (Phi) is 6.38. The van der Waals surface area contributed by atoms with Crippen LogP contribution in [0.15, 0.2) is 18.3 Å². The van der Waals surface area contributed by atoms with Crippen LogP contribution in [-0.2, 0) is 0 Å². The molecule has 16 heavy (non-hydrogen) atoms. The Morgan fingerprint density at radius 2 is 1.75 bits per heavy atom. The van der Waals surface area contributed by atoms with Crippen LogP contribution in [0, 0.1) is 0 Å². The SMILES string of the molecule is CCCCOc1ccnc(OCCCC)c1. The van der Waals surface area contributed by atoms with Crippen molar-refractivity contribution in [1.29, 1.82) is 0 Å². The summed E-state index contributed by atoms with van der Waals surface area (Å²) in [5, 5.41) is 0. The number of nitrogens with zero attached hydrogens (tertiary/aromatic N) is 1. The van der Waals surface area contributed by atoms with E-state index in [1.165, 1.54) is 0 Å². The van der Waals surface area contributed by atoms with E-state index in [-0.39, 0.29) is 0 Å². The van der Waals surface area contributed by atoms with Gasteiger partial charge in [0.2, 0.25) is 5.88 Å². The van der Waals surface area contributed by atoms with Gasteiger partial charge in [0.05, 0.1) is 13.2 Å². The first-order valence-electron chi connectivity index (χ1n) is 6.08. The van der Waals surface area contributed by atoms with Gasteiger partial charge in [0.15, 0.2) is 0 Å². The van der Waals surface area contributed by atoms with Crippen molar-refractivity contribution >= 4 is 0 Å². The molecule has 0 aliphatic heterocycles. The molecular formula is C13H21NO2. The number of hydrogen-bond donors (Lipinski definition) is 0. The van der Waals surface area contributed by atoms with Crippen molar-refractivity contribution in [3.05, 3.63) is 18.3 Å². The second kappa shape index (κ2) is 7.97. The molecule has 0 unspecified atom stereocenters. The molecule has 90 valence electrons. The summed E-state index contributed by atoms with van der Waals surface area (Å²) in [6, 6.07) is 3.72. The summed E-state index contributed by atoms with van der Waals surface area (Å²) in [6.07, 6.45) is 6.14. The second-order valence-electron chi connectivity index (χ2n) is 3.73. The first-order chi connectivity index (χ1) is 7.86. The lowest BCUT2D eigenvalue weighted by molar-refractivity contribution is 0.286. The normalized spacial score (nSPS) is 10.1. The van der Waals surface area contributed by atoms with E-state index in [0.717, 1.165) is 44.6 Å². The molecule has 0 amide bonds. The van der Waals surface area contributed by atoms with Crippen molar-refractivity contribution in [2.75, 3.05) is 13.2 Å². The van der Waals surface area contributed by atoms with Crippen LogP contribution >= 0.6 is 0 Å². The highest BCUT2D eigenvalue weighted by molar-refractivity contribution is 5.26. The van der Waals surface area contributed by atoms with Crippen LogP contribution in [0.1, 0.15) is 39.5 Å². The van der Waals surface area contributed by atoms with Gasteiger partial charge >= 0.3 is 0 Å². The molecule has 0 saturated heterocycles. The maximum absolute atomic E-state index is 5.57. The van der Waals surface area contributed by atoms with Gasteiger partial charge in [0.25, 0.3) is 0 Å². The fourth-order valence-corrected chi connectivity index (χ4v) is 1.22. The van der Waals surface area contributed by atoms with Crippen LogP contribution < -0.4 is 9.47 Å². The van der Waals surface area contributed by atoms with Crippen LogP contribution in [0.4, 0.5) is 0 Å². The van der Waals surface area contributed by atoms with E-state index in [2.05, 4.69) is 18.8 Å². The predicted octanol–water partition coefficient (Wildman–Crippen LogP) is 3.44. The third-order valence-corrected chi connectivity index (χ3v) is 2.22. The molecule has 0 aromatic carbocycles. The van der Waals surface area contributed by atoms with E-state index in [1.54, 1.807) is 6.20 Å². The van der Waals surface area contributed by atoms with Crippen molar-refractivity contribution in [1.82, 2.24) is 4.98 Å². The lowest BCUT2D eigenvalue weighted by atomic mass is 10.3. The van der Waals surface area contributed by atoms with E-state index < -0.39 is 0 Å². The summed E-state index contributed by atoms with van der Waals surface area (Å²) in [5.74, 6) is 1.50. The highest BCUT2D eigenvalue weighted by Gasteiger charge is 1.98. The van der Waals surface area contributed by atoms with Gasteiger partial charge in [-0.2, -0.15) is 0 Å². The zero-order valence-electron chi connectivity index (χ0n) is 10.2. The number of ether oxygens (including phenoxy) is 2. The van der Waals surface area contributed by atoms with Gasteiger partial charge in [-0.3, -0.25) is 0 Å². The maximum atomic E-state index is 5.57. The summed E-state index contributed by atoms with van der Waals surface area (Å²) in [5.41, 5.74) is 0. The van der Waals surface area contributed by atoms with Gasteiger partial charge in [-0.15, -0.1) is 0 Å². The Morgan fingerprint density at radius 1 is 1.06 bits per heavy atom. The molecule has 0 fully saturated rings. The molecule has 0 radical (unpaired) electrons. The topological polar surface area (TPSA) is 31.4 Å². The predicted molar refractivity (Wildman–Crippen MR) is 65.0 cm³/mol. The highest BCUT2D eigenvalue weighted by atomic mass is 16.5. The minimum Gasteiger partial charge on any atom is -0.493 e.